The van der Waals surface area contributed by atoms with Gasteiger partial charge in [0.2, 0.25) is 5.88 Å². The molecule has 0 radical (unpaired) electrons. The molecule has 4 aromatic rings. The van der Waals surface area contributed by atoms with Crippen LogP contribution in [0, 0.1) is 10.1 Å². The highest BCUT2D eigenvalue weighted by Gasteiger charge is 2.22. The Balaban J connectivity index is 1.47. The normalized spacial score (nSPS) is 14.3. The van der Waals surface area contributed by atoms with Gasteiger partial charge < -0.3 is 4.74 Å². The second kappa shape index (κ2) is 10.9. The van der Waals surface area contributed by atoms with Gasteiger partial charge in [0.05, 0.1) is 31.0 Å². The van der Waals surface area contributed by atoms with E-state index in [9.17, 15) is 14.9 Å². The number of para-hydroxylation sites is 1. The number of ether oxygens (including phenoxy) is 1. The van der Waals surface area contributed by atoms with E-state index in [1.165, 1.54) is 23.2 Å². The Bertz CT molecular complexity index is 1540. The summed E-state index contributed by atoms with van der Waals surface area (Å²) in [7, 11) is 0. The fourth-order valence-electron chi connectivity index (χ4n) is 4.40. The zero-order chi connectivity index (χ0) is 25.9. The summed E-state index contributed by atoms with van der Waals surface area (Å²) in [6.45, 7) is 0. The molecule has 0 bridgehead atoms. The van der Waals surface area contributed by atoms with Gasteiger partial charge >= 0.3 is 0 Å². The van der Waals surface area contributed by atoms with Crippen LogP contribution in [0.2, 0.25) is 0 Å². The minimum Gasteiger partial charge on any atom is -0.437 e. The second-order valence-electron chi connectivity index (χ2n) is 8.71. The lowest BCUT2D eigenvalue weighted by molar-refractivity contribution is -0.385. The Labute approximate surface area is 228 Å². The van der Waals surface area contributed by atoms with E-state index in [0.717, 1.165) is 37.4 Å². The molecule has 2 aromatic heterocycles. The van der Waals surface area contributed by atoms with Gasteiger partial charge in [-0.3, -0.25) is 14.9 Å². The van der Waals surface area contributed by atoms with Crippen molar-refractivity contribution in [3.05, 3.63) is 95.5 Å². The van der Waals surface area contributed by atoms with Crippen LogP contribution in [0.5, 0.6) is 11.6 Å². The van der Waals surface area contributed by atoms with Gasteiger partial charge in [-0.1, -0.05) is 31.4 Å². The number of hydrogen-bond acceptors (Lipinski definition) is 7. The monoisotopic (exact) mass is 625 g/mol. The van der Waals surface area contributed by atoms with E-state index in [2.05, 4.69) is 41.9 Å². The molecule has 9 nitrogen and oxygen atoms in total. The lowest BCUT2D eigenvalue weighted by atomic mass is 9.88. The standard InChI is InChI=1S/C26H21Br2N5O4/c27-20-12-16(13-21(28)24(20)37-23-11-10-18(15-29-23)33(35)36)14-30-32-25(17-6-2-1-3-7-17)31-22-9-5-4-8-19(22)26(32)34/h4-5,8-15,17H,1-3,6-7H2. The van der Waals surface area contributed by atoms with Crippen LogP contribution >= 0.6 is 31.9 Å². The lowest BCUT2D eigenvalue weighted by Crippen LogP contribution is -2.25. The number of aromatic nitrogens is 3. The maximum absolute atomic E-state index is 13.4. The molecular weight excluding hydrogens is 606 g/mol. The third-order valence-electron chi connectivity index (χ3n) is 6.23. The van der Waals surface area contributed by atoms with Crippen molar-refractivity contribution in [2.75, 3.05) is 0 Å². The first-order chi connectivity index (χ1) is 17.9. The van der Waals surface area contributed by atoms with Gasteiger partial charge in [0.15, 0.2) is 5.75 Å². The summed E-state index contributed by atoms with van der Waals surface area (Å²) in [6.07, 6.45) is 8.15. The van der Waals surface area contributed by atoms with E-state index in [0.29, 0.717) is 31.4 Å². The Kier molecular flexibility index (Phi) is 7.43. The number of nitro groups is 1. The molecule has 1 aliphatic rings. The summed E-state index contributed by atoms with van der Waals surface area (Å²) in [6, 6.07) is 13.7. The van der Waals surface area contributed by atoms with Crippen LogP contribution in [-0.4, -0.2) is 25.8 Å². The van der Waals surface area contributed by atoms with Crippen molar-refractivity contribution in [3.63, 3.8) is 0 Å². The molecule has 11 heteroatoms. The molecule has 2 heterocycles. The van der Waals surface area contributed by atoms with Gasteiger partial charge in [-0.05, 0) is 74.5 Å². The third-order valence-corrected chi connectivity index (χ3v) is 7.41. The Morgan fingerprint density at radius 1 is 1.08 bits per heavy atom. The van der Waals surface area contributed by atoms with Crippen LogP contribution in [0.15, 0.2) is 73.6 Å². The Hall–Kier alpha value is -3.44. The van der Waals surface area contributed by atoms with E-state index < -0.39 is 4.92 Å². The maximum atomic E-state index is 13.4. The number of halogens is 2. The Morgan fingerprint density at radius 2 is 1.81 bits per heavy atom. The largest absolute Gasteiger partial charge is 0.437 e. The Morgan fingerprint density at radius 3 is 2.49 bits per heavy atom. The summed E-state index contributed by atoms with van der Waals surface area (Å²) in [5.74, 6) is 1.54. The summed E-state index contributed by atoms with van der Waals surface area (Å²) in [5, 5.41) is 16.0. The van der Waals surface area contributed by atoms with Crippen molar-refractivity contribution >= 4 is 54.7 Å². The predicted octanol–water partition coefficient (Wildman–Crippen LogP) is 6.95. The maximum Gasteiger partial charge on any atom is 0.287 e. The number of rotatable bonds is 6. The quantitative estimate of drug-likeness (QED) is 0.130. The van der Waals surface area contributed by atoms with Crippen molar-refractivity contribution < 1.29 is 9.66 Å². The molecule has 0 aliphatic heterocycles. The van der Waals surface area contributed by atoms with Crippen LogP contribution in [-0.2, 0) is 0 Å². The first kappa shape index (κ1) is 25.2. The van der Waals surface area contributed by atoms with Gasteiger partial charge in [0, 0.05) is 18.1 Å². The van der Waals surface area contributed by atoms with Gasteiger partial charge in [0.25, 0.3) is 11.2 Å². The summed E-state index contributed by atoms with van der Waals surface area (Å²) in [5.41, 5.74) is 1.09. The highest BCUT2D eigenvalue weighted by atomic mass is 79.9. The molecule has 2 aromatic carbocycles. The summed E-state index contributed by atoms with van der Waals surface area (Å²) >= 11 is 7.02. The zero-order valence-electron chi connectivity index (χ0n) is 19.5. The smallest absolute Gasteiger partial charge is 0.287 e. The van der Waals surface area contributed by atoms with Crippen LogP contribution in [0.1, 0.15) is 49.4 Å². The highest BCUT2D eigenvalue weighted by molar-refractivity contribution is 9.11. The van der Waals surface area contributed by atoms with Crippen LogP contribution in [0.25, 0.3) is 10.9 Å². The predicted molar refractivity (Wildman–Crippen MR) is 148 cm³/mol. The van der Waals surface area contributed by atoms with E-state index >= 15 is 0 Å². The molecule has 0 N–H and O–H groups in total. The van der Waals surface area contributed by atoms with Crippen LogP contribution in [0.4, 0.5) is 5.69 Å². The molecule has 1 fully saturated rings. The number of pyridine rings is 1. The molecule has 0 unspecified atom stereocenters. The van der Waals surface area contributed by atoms with Crippen molar-refractivity contribution in [3.8, 4) is 11.6 Å². The van der Waals surface area contributed by atoms with Crippen LogP contribution in [0.3, 0.4) is 0 Å². The van der Waals surface area contributed by atoms with Crippen molar-refractivity contribution in [1.29, 1.82) is 0 Å². The number of nitrogens with zero attached hydrogens (tertiary/aromatic N) is 5. The summed E-state index contributed by atoms with van der Waals surface area (Å²) in [4.78, 5) is 32.6. The third kappa shape index (κ3) is 5.47. The molecule has 5 rings (SSSR count). The van der Waals surface area contributed by atoms with E-state index in [1.54, 1.807) is 24.4 Å². The van der Waals surface area contributed by atoms with E-state index in [-0.39, 0.29) is 23.0 Å². The van der Waals surface area contributed by atoms with Crippen molar-refractivity contribution in [2.45, 2.75) is 38.0 Å². The first-order valence-corrected chi connectivity index (χ1v) is 13.3. The van der Waals surface area contributed by atoms with Gasteiger partial charge in [-0.15, -0.1) is 0 Å². The molecular formula is C26H21Br2N5O4. The number of benzene rings is 2. The average Bonchev–Trinajstić information content (AvgIpc) is 2.91. The number of fused-ring (bicyclic) bond motifs is 1. The SMILES string of the molecule is O=c1c2ccccc2nc(C2CCCCC2)n1N=Cc1cc(Br)c(Oc2ccc([N+](=O)[O-])cn2)c(Br)c1. The zero-order valence-corrected chi connectivity index (χ0v) is 22.7. The first-order valence-electron chi connectivity index (χ1n) is 11.7. The molecule has 1 saturated carbocycles. The molecule has 0 atom stereocenters. The summed E-state index contributed by atoms with van der Waals surface area (Å²) < 4.78 is 8.48. The molecule has 188 valence electrons. The average molecular weight is 627 g/mol. The highest BCUT2D eigenvalue weighted by Crippen LogP contribution is 2.37. The minimum atomic E-state index is -0.521. The van der Waals surface area contributed by atoms with Crippen molar-refractivity contribution in [1.82, 2.24) is 14.6 Å². The van der Waals surface area contributed by atoms with Gasteiger partial charge in [-0.25, -0.2) is 9.97 Å². The van der Waals surface area contributed by atoms with Crippen LogP contribution < -0.4 is 10.3 Å². The number of hydrogen-bond donors (Lipinski definition) is 0. The minimum absolute atomic E-state index is 0.122. The topological polar surface area (TPSA) is 113 Å². The molecule has 1 aliphatic carbocycles. The van der Waals surface area contributed by atoms with Gasteiger partial charge in [-0.2, -0.15) is 9.78 Å². The van der Waals surface area contributed by atoms with Crippen molar-refractivity contribution in [2.24, 2.45) is 5.10 Å². The van der Waals surface area contributed by atoms with E-state index in [1.807, 2.05) is 18.2 Å². The fraction of sp³-hybridized carbons (Fsp3) is 0.231. The van der Waals surface area contributed by atoms with Gasteiger partial charge in [0.1, 0.15) is 12.0 Å². The second-order valence-corrected chi connectivity index (χ2v) is 10.4. The molecule has 0 amide bonds. The van der Waals surface area contributed by atoms with E-state index in [4.69, 9.17) is 9.72 Å². The molecule has 37 heavy (non-hydrogen) atoms. The molecule has 0 saturated heterocycles. The fourth-order valence-corrected chi connectivity index (χ4v) is 5.78. The lowest BCUT2D eigenvalue weighted by Gasteiger charge is -2.22. The molecule has 0 spiro atoms.